The lowest BCUT2D eigenvalue weighted by atomic mass is 10.1. The van der Waals surface area contributed by atoms with Gasteiger partial charge in [0.1, 0.15) is 17.2 Å². The highest BCUT2D eigenvalue weighted by Crippen LogP contribution is 2.23. The first-order valence-corrected chi connectivity index (χ1v) is 8.59. The predicted octanol–water partition coefficient (Wildman–Crippen LogP) is 1.16. The molecule has 5 nitrogen and oxygen atoms in total. The summed E-state index contributed by atoms with van der Waals surface area (Å²) in [5.41, 5.74) is 0.765. The Kier molecular flexibility index (Phi) is 4.63. The Hall–Kier alpha value is -1.47. The summed E-state index contributed by atoms with van der Waals surface area (Å²) in [4.78, 5) is 13.7. The molecule has 0 unspecified atom stereocenters. The zero-order chi connectivity index (χ0) is 15.6. The first-order chi connectivity index (χ1) is 9.79. The minimum atomic E-state index is -3.42. The molecule has 1 aromatic carbocycles. The zero-order valence-electron chi connectivity index (χ0n) is 12.0. The van der Waals surface area contributed by atoms with Gasteiger partial charge < -0.3 is 9.64 Å². The molecule has 0 radical (unpaired) electrons. The maximum absolute atomic E-state index is 12.9. The molecule has 0 aromatic heterocycles. The highest BCUT2D eigenvalue weighted by atomic mass is 32.2. The second-order valence-corrected chi connectivity index (χ2v) is 7.53. The highest BCUT2D eigenvalue weighted by molar-refractivity contribution is 7.92. The summed E-state index contributed by atoms with van der Waals surface area (Å²) in [6.07, 6.45) is 0.683. The fraction of sp³-hybridized carbons (Fsp3) is 0.500. The number of halogens is 1. The summed E-state index contributed by atoms with van der Waals surface area (Å²) < 4.78 is 41.5. The fourth-order valence-corrected chi connectivity index (χ4v) is 2.68. The summed E-state index contributed by atoms with van der Waals surface area (Å²) in [6, 6.07) is 5.87. The number of rotatable bonds is 3. The molecule has 1 aliphatic heterocycles. The molecule has 0 N–H and O–H groups in total. The van der Waals surface area contributed by atoms with Gasteiger partial charge in [0.15, 0.2) is 9.84 Å². The van der Waals surface area contributed by atoms with E-state index in [1.807, 2.05) is 0 Å². The monoisotopic (exact) mass is 315 g/mol. The molecule has 1 amide bonds. The molecule has 1 fully saturated rings. The second-order valence-electron chi connectivity index (χ2n) is 5.17. The molecule has 0 aliphatic carbocycles. The van der Waals surface area contributed by atoms with Gasteiger partial charge >= 0.3 is 0 Å². The summed E-state index contributed by atoms with van der Waals surface area (Å²) in [5, 5.41) is -1.07. The average Bonchev–Trinajstić information content (AvgIpc) is 2.45. The van der Waals surface area contributed by atoms with Gasteiger partial charge in [0.2, 0.25) is 5.91 Å². The second kappa shape index (κ2) is 6.11. The number of morpholine rings is 1. The number of nitrogens with zero attached hydrogens (tertiary/aromatic N) is 1. The van der Waals surface area contributed by atoms with Crippen molar-refractivity contribution in [3.05, 3.63) is 35.6 Å². The van der Waals surface area contributed by atoms with Crippen molar-refractivity contribution in [3.63, 3.8) is 0 Å². The van der Waals surface area contributed by atoms with Crippen molar-refractivity contribution in [2.45, 2.75) is 18.3 Å². The molecular weight excluding hydrogens is 297 g/mol. The normalized spacial score (nSPS) is 21.1. The lowest BCUT2D eigenvalue weighted by Crippen LogP contribution is -2.47. The van der Waals surface area contributed by atoms with E-state index in [2.05, 4.69) is 0 Å². The molecule has 7 heteroatoms. The van der Waals surface area contributed by atoms with E-state index in [9.17, 15) is 17.6 Å². The number of hydrogen-bond acceptors (Lipinski definition) is 4. The van der Waals surface area contributed by atoms with Gasteiger partial charge in [0.25, 0.3) is 0 Å². The van der Waals surface area contributed by atoms with Crippen LogP contribution in [0.3, 0.4) is 0 Å². The van der Waals surface area contributed by atoms with E-state index in [0.29, 0.717) is 13.2 Å². The van der Waals surface area contributed by atoms with Crippen LogP contribution in [-0.2, 0) is 19.4 Å². The molecule has 1 saturated heterocycles. The van der Waals surface area contributed by atoms with Crippen molar-refractivity contribution in [2.24, 2.45) is 0 Å². The first kappa shape index (κ1) is 15.9. The molecule has 1 aliphatic rings. The smallest absolute Gasteiger partial charge is 0.240 e. The van der Waals surface area contributed by atoms with Gasteiger partial charge in [0, 0.05) is 12.8 Å². The predicted molar refractivity (Wildman–Crippen MR) is 76.0 cm³/mol. The maximum Gasteiger partial charge on any atom is 0.240 e. The number of carbonyl (C=O) groups is 1. The van der Waals surface area contributed by atoms with E-state index in [4.69, 9.17) is 4.74 Å². The largest absolute Gasteiger partial charge is 0.370 e. The average molecular weight is 315 g/mol. The van der Waals surface area contributed by atoms with Crippen LogP contribution < -0.4 is 0 Å². The van der Waals surface area contributed by atoms with Gasteiger partial charge in [0.05, 0.1) is 13.2 Å². The zero-order valence-corrected chi connectivity index (χ0v) is 12.8. The minimum absolute atomic E-state index is 0.268. The summed E-state index contributed by atoms with van der Waals surface area (Å²) >= 11 is 0. The summed E-state index contributed by atoms with van der Waals surface area (Å²) in [7, 11) is -3.42. The lowest BCUT2D eigenvalue weighted by Gasteiger charge is -2.34. The van der Waals surface area contributed by atoms with Crippen molar-refractivity contribution >= 4 is 15.7 Å². The van der Waals surface area contributed by atoms with Gasteiger partial charge in [-0.2, -0.15) is 0 Å². The Bertz CT molecular complexity index is 614. The molecule has 1 heterocycles. The van der Waals surface area contributed by atoms with Crippen LogP contribution in [0.15, 0.2) is 24.3 Å². The number of ether oxygens (including phenoxy) is 1. The van der Waals surface area contributed by atoms with E-state index in [1.54, 1.807) is 12.1 Å². The number of benzene rings is 1. The molecular formula is C14H18FNO4S. The third-order valence-corrected chi connectivity index (χ3v) is 5.10. The Labute approximate surface area is 123 Å². The summed E-state index contributed by atoms with van der Waals surface area (Å²) in [5.74, 6) is -0.763. The van der Waals surface area contributed by atoms with E-state index >= 15 is 0 Å². The van der Waals surface area contributed by atoms with Gasteiger partial charge in [-0.15, -0.1) is 0 Å². The van der Waals surface area contributed by atoms with Gasteiger partial charge in [-0.25, -0.2) is 12.8 Å². The standard InChI is InChI=1S/C14H18FNO4S/c1-10(21(2,18)19)14(17)16-7-8-20-13(9-16)11-3-5-12(15)6-4-11/h3-6,10,13H,7-9H2,1-2H3/t10-,13+/m0/s1. The van der Waals surface area contributed by atoms with Crippen LogP contribution in [0.2, 0.25) is 0 Å². The molecule has 1 aromatic rings. The molecule has 0 spiro atoms. The van der Waals surface area contributed by atoms with Crippen LogP contribution in [0.25, 0.3) is 0 Å². The highest BCUT2D eigenvalue weighted by Gasteiger charge is 2.32. The molecule has 2 atom stereocenters. The number of sulfone groups is 1. The van der Waals surface area contributed by atoms with Crippen molar-refractivity contribution < 1.29 is 22.3 Å². The van der Waals surface area contributed by atoms with Crippen molar-refractivity contribution in [2.75, 3.05) is 26.0 Å². The number of amides is 1. The quantitative estimate of drug-likeness (QED) is 0.839. The molecule has 0 saturated carbocycles. The van der Waals surface area contributed by atoms with Crippen LogP contribution in [0.5, 0.6) is 0 Å². The first-order valence-electron chi connectivity index (χ1n) is 6.64. The van der Waals surface area contributed by atoms with Crippen LogP contribution in [0.4, 0.5) is 4.39 Å². The number of hydrogen-bond donors (Lipinski definition) is 0. The van der Waals surface area contributed by atoms with Crippen LogP contribution in [0, 0.1) is 5.82 Å². The van der Waals surface area contributed by atoms with E-state index < -0.39 is 21.0 Å². The van der Waals surface area contributed by atoms with Crippen molar-refractivity contribution in [1.29, 1.82) is 0 Å². The van der Waals surface area contributed by atoms with Crippen molar-refractivity contribution in [3.8, 4) is 0 Å². The molecule has 116 valence electrons. The molecule has 0 bridgehead atoms. The molecule has 2 rings (SSSR count). The summed E-state index contributed by atoms with van der Waals surface area (Å²) in [6.45, 7) is 2.34. The Balaban J connectivity index is 2.10. The Morgan fingerprint density at radius 3 is 2.57 bits per heavy atom. The topological polar surface area (TPSA) is 63.7 Å². The van der Waals surface area contributed by atoms with Crippen molar-refractivity contribution in [1.82, 2.24) is 4.90 Å². The Morgan fingerprint density at radius 1 is 1.38 bits per heavy atom. The number of carbonyl (C=O) groups excluding carboxylic acids is 1. The van der Waals surface area contributed by atoms with Crippen LogP contribution in [0.1, 0.15) is 18.6 Å². The van der Waals surface area contributed by atoms with E-state index in [-0.39, 0.29) is 18.5 Å². The molecule has 21 heavy (non-hydrogen) atoms. The van der Waals surface area contributed by atoms with Gasteiger partial charge in [-0.05, 0) is 24.6 Å². The van der Waals surface area contributed by atoms with E-state index in [1.165, 1.54) is 24.0 Å². The Morgan fingerprint density at radius 2 is 2.00 bits per heavy atom. The third kappa shape index (κ3) is 3.79. The van der Waals surface area contributed by atoms with Crippen LogP contribution in [-0.4, -0.2) is 50.4 Å². The third-order valence-electron chi connectivity index (χ3n) is 3.61. The van der Waals surface area contributed by atoms with Crippen LogP contribution >= 0.6 is 0 Å². The SMILES string of the molecule is C[C@@H](C(=O)N1CCO[C@@H](c2ccc(F)cc2)C1)S(C)(=O)=O. The van der Waals surface area contributed by atoms with E-state index in [0.717, 1.165) is 11.8 Å². The lowest BCUT2D eigenvalue weighted by molar-refractivity contribution is -0.138. The van der Waals surface area contributed by atoms with Gasteiger partial charge in [-0.1, -0.05) is 12.1 Å². The minimum Gasteiger partial charge on any atom is -0.370 e. The maximum atomic E-state index is 12.9. The van der Waals surface area contributed by atoms with Gasteiger partial charge in [-0.3, -0.25) is 4.79 Å². The fourth-order valence-electron chi connectivity index (χ4n) is 2.17.